The molecule has 0 aliphatic carbocycles. The second-order valence-corrected chi connectivity index (χ2v) is 6.14. The van der Waals surface area contributed by atoms with E-state index in [0.29, 0.717) is 11.0 Å². The Kier molecular flexibility index (Phi) is 3.77. The van der Waals surface area contributed by atoms with E-state index in [2.05, 4.69) is 32.3 Å². The fraction of sp³-hybridized carbons (Fsp3) is 0.500. The fourth-order valence-electron chi connectivity index (χ4n) is 1.97. The van der Waals surface area contributed by atoms with Gasteiger partial charge in [-0.2, -0.15) is 0 Å². The Balaban J connectivity index is 2.02. The summed E-state index contributed by atoms with van der Waals surface area (Å²) in [6, 6.07) is 2.47. The van der Waals surface area contributed by atoms with Crippen molar-refractivity contribution in [3.63, 3.8) is 0 Å². The SMILES string of the molecule is NC(=S)C1CCCN1Cc1cc(Br)cs1. The Labute approximate surface area is 108 Å². The zero-order chi connectivity index (χ0) is 10.8. The van der Waals surface area contributed by atoms with Gasteiger partial charge in [0.1, 0.15) is 0 Å². The van der Waals surface area contributed by atoms with Crippen LogP contribution < -0.4 is 5.73 Å². The van der Waals surface area contributed by atoms with E-state index in [9.17, 15) is 0 Å². The molecule has 2 rings (SSSR count). The van der Waals surface area contributed by atoms with Crippen molar-refractivity contribution in [2.75, 3.05) is 6.54 Å². The predicted octanol–water partition coefficient (Wildman–Crippen LogP) is 2.76. The maximum absolute atomic E-state index is 5.73. The van der Waals surface area contributed by atoms with Crippen LogP contribution in [0.15, 0.2) is 15.9 Å². The molecule has 2 heterocycles. The molecule has 2 N–H and O–H groups in total. The lowest BCUT2D eigenvalue weighted by Crippen LogP contribution is -2.38. The largest absolute Gasteiger partial charge is 0.392 e. The minimum atomic E-state index is 0.306. The van der Waals surface area contributed by atoms with Crippen LogP contribution in [0.2, 0.25) is 0 Å². The van der Waals surface area contributed by atoms with E-state index in [1.807, 2.05) is 0 Å². The molecule has 0 saturated carbocycles. The molecule has 1 fully saturated rings. The topological polar surface area (TPSA) is 29.3 Å². The number of hydrogen-bond acceptors (Lipinski definition) is 3. The lowest BCUT2D eigenvalue weighted by Gasteiger charge is -2.22. The number of rotatable bonds is 3. The number of halogens is 1. The first-order valence-corrected chi connectivity index (χ1v) is 7.01. The van der Waals surface area contributed by atoms with Crippen molar-refractivity contribution in [1.82, 2.24) is 4.90 Å². The van der Waals surface area contributed by atoms with Crippen LogP contribution in [-0.2, 0) is 6.54 Å². The molecule has 2 nitrogen and oxygen atoms in total. The Bertz CT molecular complexity index is 364. The van der Waals surface area contributed by atoms with Crippen molar-refractivity contribution in [2.45, 2.75) is 25.4 Å². The third-order valence-corrected chi connectivity index (χ3v) is 4.63. The summed E-state index contributed by atoms with van der Waals surface area (Å²) in [5.41, 5.74) is 5.73. The molecule has 15 heavy (non-hydrogen) atoms. The number of nitrogens with two attached hydrogens (primary N) is 1. The van der Waals surface area contributed by atoms with Crippen LogP contribution in [0.4, 0.5) is 0 Å². The van der Waals surface area contributed by atoms with Gasteiger partial charge in [0.05, 0.1) is 11.0 Å². The molecule has 1 unspecified atom stereocenters. The van der Waals surface area contributed by atoms with Gasteiger partial charge in [0, 0.05) is 21.3 Å². The lowest BCUT2D eigenvalue weighted by molar-refractivity contribution is 0.298. The molecule has 1 aliphatic heterocycles. The highest BCUT2D eigenvalue weighted by molar-refractivity contribution is 9.10. The third-order valence-electron chi connectivity index (χ3n) is 2.67. The fourth-order valence-corrected chi connectivity index (χ4v) is 3.72. The maximum atomic E-state index is 5.73. The number of thiophene rings is 1. The van der Waals surface area contributed by atoms with Gasteiger partial charge in [0.25, 0.3) is 0 Å². The van der Waals surface area contributed by atoms with Crippen LogP contribution in [0.25, 0.3) is 0 Å². The summed E-state index contributed by atoms with van der Waals surface area (Å²) in [7, 11) is 0. The van der Waals surface area contributed by atoms with Crippen molar-refractivity contribution in [3.05, 3.63) is 20.8 Å². The van der Waals surface area contributed by atoms with Crippen molar-refractivity contribution < 1.29 is 0 Å². The van der Waals surface area contributed by atoms with Crippen molar-refractivity contribution in [1.29, 1.82) is 0 Å². The first-order chi connectivity index (χ1) is 7.16. The molecule has 0 bridgehead atoms. The van der Waals surface area contributed by atoms with Gasteiger partial charge in [-0.15, -0.1) is 11.3 Å². The van der Waals surface area contributed by atoms with Crippen LogP contribution >= 0.6 is 39.5 Å². The van der Waals surface area contributed by atoms with E-state index in [0.717, 1.165) is 24.0 Å². The first kappa shape index (κ1) is 11.5. The van der Waals surface area contributed by atoms with Gasteiger partial charge < -0.3 is 5.73 Å². The molecular formula is C10H13BrN2S2. The second kappa shape index (κ2) is 4.91. The van der Waals surface area contributed by atoms with Gasteiger partial charge in [-0.05, 0) is 41.4 Å². The number of nitrogens with zero attached hydrogens (tertiary/aromatic N) is 1. The summed E-state index contributed by atoms with van der Waals surface area (Å²) in [6.45, 7) is 2.08. The molecule has 1 atom stereocenters. The number of hydrogen-bond donors (Lipinski definition) is 1. The predicted molar refractivity (Wildman–Crippen MR) is 72.2 cm³/mol. The van der Waals surface area contributed by atoms with E-state index in [1.165, 1.54) is 11.3 Å². The summed E-state index contributed by atoms with van der Waals surface area (Å²) in [5, 5.41) is 2.11. The molecule has 0 amide bonds. The summed E-state index contributed by atoms with van der Waals surface area (Å²) in [5.74, 6) is 0. The van der Waals surface area contributed by atoms with Crippen LogP contribution in [0.5, 0.6) is 0 Å². The zero-order valence-corrected chi connectivity index (χ0v) is 11.5. The maximum Gasteiger partial charge on any atom is 0.0902 e. The van der Waals surface area contributed by atoms with Crippen molar-refractivity contribution >= 4 is 44.5 Å². The molecule has 0 spiro atoms. The molecule has 0 aromatic carbocycles. The van der Waals surface area contributed by atoms with Crippen LogP contribution in [0, 0.1) is 0 Å². The summed E-state index contributed by atoms with van der Waals surface area (Å²) >= 11 is 10.3. The van der Waals surface area contributed by atoms with E-state index < -0.39 is 0 Å². The smallest absolute Gasteiger partial charge is 0.0902 e. The normalized spacial score (nSPS) is 22.1. The van der Waals surface area contributed by atoms with Gasteiger partial charge in [-0.1, -0.05) is 12.2 Å². The molecule has 1 aliphatic rings. The Hall–Kier alpha value is 0.0300. The van der Waals surface area contributed by atoms with E-state index >= 15 is 0 Å². The highest BCUT2D eigenvalue weighted by Gasteiger charge is 2.26. The van der Waals surface area contributed by atoms with Gasteiger partial charge in [0.2, 0.25) is 0 Å². The Morgan fingerprint density at radius 1 is 1.73 bits per heavy atom. The average Bonchev–Trinajstić information content (AvgIpc) is 2.75. The molecule has 82 valence electrons. The zero-order valence-electron chi connectivity index (χ0n) is 8.28. The molecule has 1 aromatic heterocycles. The van der Waals surface area contributed by atoms with Crippen molar-refractivity contribution in [2.24, 2.45) is 5.73 Å². The molecule has 5 heteroatoms. The summed E-state index contributed by atoms with van der Waals surface area (Å²) in [4.78, 5) is 4.38. The summed E-state index contributed by atoms with van der Waals surface area (Å²) < 4.78 is 1.16. The van der Waals surface area contributed by atoms with E-state index in [4.69, 9.17) is 18.0 Å². The second-order valence-electron chi connectivity index (χ2n) is 3.76. The Morgan fingerprint density at radius 3 is 3.13 bits per heavy atom. The average molecular weight is 305 g/mol. The number of thiocarbonyl (C=S) groups is 1. The molecule has 1 aromatic rings. The van der Waals surface area contributed by atoms with Crippen molar-refractivity contribution in [3.8, 4) is 0 Å². The van der Waals surface area contributed by atoms with Crippen LogP contribution in [0.3, 0.4) is 0 Å². The van der Waals surface area contributed by atoms with Gasteiger partial charge in [-0.25, -0.2) is 0 Å². The highest BCUT2D eigenvalue weighted by atomic mass is 79.9. The minimum Gasteiger partial charge on any atom is -0.392 e. The quantitative estimate of drug-likeness (QED) is 0.871. The summed E-state index contributed by atoms with van der Waals surface area (Å²) in [6.07, 6.45) is 2.32. The standard InChI is InChI=1S/C10H13BrN2S2/c11-7-4-8(15-6-7)5-13-3-1-2-9(13)10(12)14/h4,6,9H,1-3,5H2,(H2,12,14). The molecule has 1 saturated heterocycles. The minimum absolute atomic E-state index is 0.306. The monoisotopic (exact) mass is 304 g/mol. The van der Waals surface area contributed by atoms with Crippen LogP contribution in [-0.4, -0.2) is 22.5 Å². The van der Waals surface area contributed by atoms with E-state index in [1.54, 1.807) is 11.3 Å². The molecule has 0 radical (unpaired) electrons. The third kappa shape index (κ3) is 2.78. The highest BCUT2D eigenvalue weighted by Crippen LogP contribution is 2.25. The van der Waals surface area contributed by atoms with Gasteiger partial charge in [0.15, 0.2) is 0 Å². The van der Waals surface area contributed by atoms with E-state index in [-0.39, 0.29) is 0 Å². The van der Waals surface area contributed by atoms with Gasteiger partial charge >= 0.3 is 0 Å². The lowest BCUT2D eigenvalue weighted by atomic mass is 10.2. The number of likely N-dealkylation sites (tertiary alicyclic amines) is 1. The Morgan fingerprint density at radius 2 is 2.53 bits per heavy atom. The van der Waals surface area contributed by atoms with Gasteiger partial charge in [-0.3, -0.25) is 4.90 Å². The molecular weight excluding hydrogens is 292 g/mol. The first-order valence-electron chi connectivity index (χ1n) is 4.93. The van der Waals surface area contributed by atoms with Crippen LogP contribution in [0.1, 0.15) is 17.7 Å².